The molecule has 3 atom stereocenters. The molecule has 1 aliphatic heterocycles. The maximum atomic E-state index is 14.6. The number of sulfonamides is 1. The zero-order valence-corrected chi connectivity index (χ0v) is 21.2. The fourth-order valence-corrected chi connectivity index (χ4v) is 5.81. The van der Waals surface area contributed by atoms with E-state index >= 15 is 0 Å². The minimum absolute atomic E-state index is 0.0960. The van der Waals surface area contributed by atoms with Gasteiger partial charge in [-0.3, -0.25) is 4.79 Å². The number of rotatable bonds is 7. The Morgan fingerprint density at radius 2 is 1.79 bits per heavy atom. The van der Waals surface area contributed by atoms with Crippen molar-refractivity contribution in [2.24, 2.45) is 0 Å². The topological polar surface area (TPSA) is 127 Å². The van der Waals surface area contributed by atoms with Gasteiger partial charge in [0.2, 0.25) is 21.8 Å². The number of nitrogens with one attached hydrogen (secondary N) is 1. The standard InChI is InChI=1S/C23H21F5N6O4S/c1-12-17(25)8-19(34(12)39(36,37)16-5-3-14(24)4-6-16)20(35)29-11-15-7-18(33-22(32-15)38-2)13-9-30-21(31-10-13)23(26,27)28/h3-7,9-10,12,17,19H,8,11H2,1-2H3,(H,29,35)/t12-,17+,19-/m0/s1. The zero-order valence-electron chi connectivity index (χ0n) is 20.4. The van der Waals surface area contributed by atoms with E-state index in [2.05, 4.69) is 25.3 Å². The van der Waals surface area contributed by atoms with Crippen LogP contribution in [0, 0.1) is 5.82 Å². The second kappa shape index (κ2) is 10.8. The van der Waals surface area contributed by atoms with Crippen molar-refractivity contribution in [2.75, 3.05) is 7.11 Å². The molecule has 4 rings (SSSR count). The van der Waals surface area contributed by atoms with Crippen LogP contribution in [0.5, 0.6) is 6.01 Å². The van der Waals surface area contributed by atoms with Gasteiger partial charge in [0.1, 0.15) is 18.0 Å². The zero-order chi connectivity index (χ0) is 28.5. The Bertz CT molecular complexity index is 1460. The monoisotopic (exact) mass is 572 g/mol. The summed E-state index contributed by atoms with van der Waals surface area (Å²) in [5.41, 5.74) is 0.359. The van der Waals surface area contributed by atoms with E-state index in [0.717, 1.165) is 41.0 Å². The summed E-state index contributed by atoms with van der Waals surface area (Å²) in [6.45, 7) is 1.05. The van der Waals surface area contributed by atoms with E-state index in [9.17, 15) is 35.2 Å². The van der Waals surface area contributed by atoms with Gasteiger partial charge in [-0.2, -0.15) is 27.4 Å². The largest absolute Gasteiger partial charge is 0.467 e. The predicted molar refractivity (Wildman–Crippen MR) is 125 cm³/mol. The van der Waals surface area contributed by atoms with Gasteiger partial charge in [-0.05, 0) is 37.3 Å². The summed E-state index contributed by atoms with van der Waals surface area (Å²) in [6.07, 6.45) is -4.94. The van der Waals surface area contributed by atoms with E-state index in [4.69, 9.17) is 4.74 Å². The van der Waals surface area contributed by atoms with Gasteiger partial charge in [0.15, 0.2) is 0 Å². The highest BCUT2D eigenvalue weighted by molar-refractivity contribution is 7.89. The van der Waals surface area contributed by atoms with Crippen molar-refractivity contribution >= 4 is 15.9 Å². The molecule has 0 saturated carbocycles. The summed E-state index contributed by atoms with van der Waals surface area (Å²) in [4.78, 5) is 27.5. The molecular formula is C23H21F5N6O4S. The summed E-state index contributed by atoms with van der Waals surface area (Å²) in [6, 6.07) is 2.54. The van der Waals surface area contributed by atoms with Crippen LogP contribution in [0.3, 0.4) is 0 Å². The van der Waals surface area contributed by atoms with E-state index in [0.29, 0.717) is 0 Å². The lowest BCUT2D eigenvalue weighted by atomic mass is 10.1. The van der Waals surface area contributed by atoms with Crippen molar-refractivity contribution in [1.82, 2.24) is 29.6 Å². The van der Waals surface area contributed by atoms with Crippen LogP contribution in [0.15, 0.2) is 47.6 Å². The number of methoxy groups -OCH3 is 1. The highest BCUT2D eigenvalue weighted by Gasteiger charge is 2.49. The van der Waals surface area contributed by atoms with E-state index in [1.54, 1.807) is 0 Å². The molecule has 1 fully saturated rings. The van der Waals surface area contributed by atoms with Crippen molar-refractivity contribution in [3.8, 4) is 17.3 Å². The number of hydrogen-bond donors (Lipinski definition) is 1. The summed E-state index contributed by atoms with van der Waals surface area (Å²) < 4.78 is 98.5. The first kappa shape index (κ1) is 28.2. The predicted octanol–water partition coefficient (Wildman–Crippen LogP) is 2.91. The van der Waals surface area contributed by atoms with Gasteiger partial charge in [-0.1, -0.05) is 0 Å². The van der Waals surface area contributed by atoms with Crippen LogP contribution >= 0.6 is 0 Å². The Kier molecular flexibility index (Phi) is 7.79. The van der Waals surface area contributed by atoms with Gasteiger partial charge in [0, 0.05) is 24.4 Å². The SMILES string of the molecule is COc1nc(CNC(=O)[C@@H]2C[C@@H](F)[C@H](C)N2S(=O)(=O)c2ccc(F)cc2)cc(-c2cnc(C(F)(F)F)nc2)n1. The van der Waals surface area contributed by atoms with Crippen LogP contribution < -0.4 is 10.1 Å². The molecule has 2 aromatic heterocycles. The Hall–Kier alpha value is -3.79. The molecule has 1 amide bonds. The fraction of sp³-hybridized carbons (Fsp3) is 0.348. The first-order valence-corrected chi connectivity index (χ1v) is 12.8. The molecule has 0 aliphatic carbocycles. The maximum absolute atomic E-state index is 14.6. The number of amides is 1. The number of benzene rings is 1. The molecule has 3 aromatic rings. The normalized spacial score (nSPS) is 20.1. The third kappa shape index (κ3) is 5.95. The van der Waals surface area contributed by atoms with E-state index in [1.807, 2.05) is 0 Å². The van der Waals surface area contributed by atoms with E-state index < -0.39 is 58.4 Å². The maximum Gasteiger partial charge on any atom is 0.451 e. The van der Waals surface area contributed by atoms with E-state index in [-0.39, 0.29) is 34.4 Å². The number of hydrogen-bond acceptors (Lipinski definition) is 8. The average molecular weight is 573 g/mol. The van der Waals surface area contributed by atoms with Crippen molar-refractivity contribution in [2.45, 2.75) is 49.2 Å². The summed E-state index contributed by atoms with van der Waals surface area (Å²) in [7, 11) is -3.10. The number of carbonyl (C=O) groups excluding carboxylic acids is 1. The van der Waals surface area contributed by atoms with Crippen molar-refractivity contribution in [3.63, 3.8) is 0 Å². The Labute approximate surface area is 219 Å². The summed E-state index contributed by atoms with van der Waals surface area (Å²) in [5, 5.41) is 2.51. The van der Waals surface area contributed by atoms with Crippen LogP contribution in [-0.2, 0) is 27.5 Å². The lowest BCUT2D eigenvalue weighted by Crippen LogP contribution is -2.48. The quantitative estimate of drug-likeness (QED) is 0.429. The molecule has 1 saturated heterocycles. The number of ether oxygens (including phenoxy) is 1. The molecule has 10 nitrogen and oxygen atoms in total. The molecule has 0 bridgehead atoms. The van der Waals surface area contributed by atoms with Gasteiger partial charge in [-0.25, -0.2) is 27.2 Å². The van der Waals surface area contributed by atoms with Gasteiger partial charge in [0.05, 0.1) is 36.0 Å². The van der Waals surface area contributed by atoms with Crippen LogP contribution in [0.4, 0.5) is 22.0 Å². The molecule has 0 unspecified atom stereocenters. The number of nitrogens with zero attached hydrogens (tertiary/aromatic N) is 5. The highest BCUT2D eigenvalue weighted by atomic mass is 32.2. The third-order valence-electron chi connectivity index (χ3n) is 5.96. The fourth-order valence-electron chi connectivity index (χ4n) is 4.00. The molecule has 3 heterocycles. The van der Waals surface area contributed by atoms with Gasteiger partial charge in [0.25, 0.3) is 0 Å². The number of carbonyl (C=O) groups is 1. The molecule has 16 heteroatoms. The summed E-state index contributed by atoms with van der Waals surface area (Å²) >= 11 is 0. The molecule has 208 valence electrons. The van der Waals surface area contributed by atoms with Crippen LogP contribution in [0.25, 0.3) is 11.3 Å². The van der Waals surface area contributed by atoms with Crippen LogP contribution in [0.2, 0.25) is 0 Å². The van der Waals surface area contributed by atoms with Gasteiger partial charge in [-0.15, -0.1) is 0 Å². The molecule has 0 radical (unpaired) electrons. The second-order valence-electron chi connectivity index (χ2n) is 8.54. The first-order valence-electron chi connectivity index (χ1n) is 11.3. The smallest absolute Gasteiger partial charge is 0.451 e. The average Bonchev–Trinajstić information content (AvgIpc) is 3.21. The highest BCUT2D eigenvalue weighted by Crippen LogP contribution is 2.33. The Balaban J connectivity index is 1.55. The number of halogens is 5. The Morgan fingerprint density at radius 1 is 1.15 bits per heavy atom. The molecule has 1 aliphatic rings. The minimum Gasteiger partial charge on any atom is -0.467 e. The third-order valence-corrected chi connectivity index (χ3v) is 7.97. The molecule has 0 spiro atoms. The van der Waals surface area contributed by atoms with Gasteiger partial charge >= 0.3 is 12.2 Å². The van der Waals surface area contributed by atoms with E-state index in [1.165, 1.54) is 20.1 Å². The van der Waals surface area contributed by atoms with Crippen LogP contribution in [-0.4, -0.2) is 63.9 Å². The minimum atomic E-state index is -4.73. The lowest BCUT2D eigenvalue weighted by molar-refractivity contribution is -0.145. The number of alkyl halides is 4. The first-order chi connectivity index (χ1) is 18.3. The number of aromatic nitrogens is 4. The second-order valence-corrected chi connectivity index (χ2v) is 10.4. The van der Waals surface area contributed by atoms with Crippen molar-refractivity contribution < 1.29 is 39.9 Å². The van der Waals surface area contributed by atoms with Gasteiger partial charge < -0.3 is 10.1 Å². The molecule has 1 N–H and O–H groups in total. The van der Waals surface area contributed by atoms with Crippen LogP contribution in [0.1, 0.15) is 24.9 Å². The molecule has 39 heavy (non-hydrogen) atoms. The van der Waals surface area contributed by atoms with Crippen molar-refractivity contribution in [1.29, 1.82) is 0 Å². The lowest BCUT2D eigenvalue weighted by Gasteiger charge is -2.26. The molecular weight excluding hydrogens is 551 g/mol. The Morgan fingerprint density at radius 3 is 2.38 bits per heavy atom. The van der Waals surface area contributed by atoms with Crippen molar-refractivity contribution in [3.05, 3.63) is 60.1 Å². The summed E-state index contributed by atoms with van der Waals surface area (Å²) in [5.74, 6) is -2.81. The molecule has 1 aromatic carbocycles.